The SMILES string of the molecule is CCCn1nc(C(=O)O)c2c1N(CC)C(=O)[C@@H](NC(=O)c1cccc(C(F)(F)F)c1)[C@H]2c1ccc(F)cc1. The van der Waals surface area contributed by atoms with Crippen LogP contribution in [0, 0.1) is 5.82 Å². The molecule has 0 fully saturated rings. The molecule has 200 valence electrons. The number of rotatable bonds is 7. The number of halogens is 4. The highest BCUT2D eigenvalue weighted by molar-refractivity contribution is 6.06. The van der Waals surface area contributed by atoms with Gasteiger partial charge in [0.1, 0.15) is 17.7 Å². The third-order valence-electron chi connectivity index (χ3n) is 6.32. The maximum Gasteiger partial charge on any atom is 0.416 e. The summed E-state index contributed by atoms with van der Waals surface area (Å²) >= 11 is 0. The first-order valence-electron chi connectivity index (χ1n) is 11.9. The third kappa shape index (κ3) is 4.85. The summed E-state index contributed by atoms with van der Waals surface area (Å²) in [5.74, 6) is -4.36. The number of hydrogen-bond acceptors (Lipinski definition) is 4. The zero-order valence-electron chi connectivity index (χ0n) is 20.4. The summed E-state index contributed by atoms with van der Waals surface area (Å²) in [6, 6.07) is 7.32. The first-order chi connectivity index (χ1) is 18.0. The summed E-state index contributed by atoms with van der Waals surface area (Å²) in [7, 11) is 0. The summed E-state index contributed by atoms with van der Waals surface area (Å²) in [6.45, 7) is 3.92. The molecule has 1 aromatic heterocycles. The van der Waals surface area contributed by atoms with Gasteiger partial charge in [0.05, 0.1) is 5.56 Å². The van der Waals surface area contributed by atoms with Crippen LogP contribution in [0.1, 0.15) is 63.7 Å². The van der Waals surface area contributed by atoms with E-state index in [1.54, 1.807) is 6.92 Å². The van der Waals surface area contributed by atoms with Crippen molar-refractivity contribution >= 4 is 23.6 Å². The molecule has 1 aliphatic heterocycles. The zero-order chi connectivity index (χ0) is 27.8. The van der Waals surface area contributed by atoms with E-state index in [0.717, 1.165) is 24.3 Å². The minimum absolute atomic E-state index is 0.104. The Hall–Kier alpha value is -4.22. The minimum Gasteiger partial charge on any atom is -0.476 e. The fourth-order valence-corrected chi connectivity index (χ4v) is 4.69. The van der Waals surface area contributed by atoms with E-state index in [2.05, 4.69) is 10.4 Å². The lowest BCUT2D eigenvalue weighted by molar-refractivity contribution is -0.137. The smallest absolute Gasteiger partial charge is 0.416 e. The highest BCUT2D eigenvalue weighted by Crippen LogP contribution is 2.43. The number of hydrogen-bond donors (Lipinski definition) is 2. The first kappa shape index (κ1) is 26.8. The van der Waals surface area contributed by atoms with Gasteiger partial charge in [0.2, 0.25) is 0 Å². The molecule has 2 N–H and O–H groups in total. The molecule has 1 aliphatic rings. The quantitative estimate of drug-likeness (QED) is 0.438. The largest absolute Gasteiger partial charge is 0.476 e. The molecule has 0 saturated heterocycles. The van der Waals surface area contributed by atoms with Crippen LogP contribution in [0.5, 0.6) is 0 Å². The number of carboxylic acids is 1. The number of carboxylic acid groups (broad SMARTS) is 1. The Morgan fingerprint density at radius 2 is 1.79 bits per heavy atom. The van der Waals surface area contributed by atoms with Crippen molar-refractivity contribution in [1.82, 2.24) is 15.1 Å². The monoisotopic (exact) mass is 532 g/mol. The number of aromatic nitrogens is 2. The predicted octanol–water partition coefficient (Wildman–Crippen LogP) is 4.45. The van der Waals surface area contributed by atoms with Crippen LogP contribution in [0.4, 0.5) is 23.4 Å². The van der Waals surface area contributed by atoms with Gasteiger partial charge in [0.25, 0.3) is 11.8 Å². The Morgan fingerprint density at radius 3 is 2.37 bits per heavy atom. The number of anilines is 1. The van der Waals surface area contributed by atoms with E-state index in [-0.39, 0.29) is 29.2 Å². The number of nitrogens with one attached hydrogen (secondary N) is 1. The Bertz CT molecular complexity index is 1380. The van der Waals surface area contributed by atoms with Crippen molar-refractivity contribution < 1.29 is 37.1 Å². The number of nitrogens with zero attached hydrogens (tertiary/aromatic N) is 3. The molecule has 0 radical (unpaired) electrons. The lowest BCUT2D eigenvalue weighted by Gasteiger charge is -2.38. The predicted molar refractivity (Wildman–Crippen MR) is 128 cm³/mol. The van der Waals surface area contributed by atoms with Crippen molar-refractivity contribution in [2.75, 3.05) is 11.4 Å². The number of benzene rings is 2. The molecule has 0 unspecified atom stereocenters. The highest BCUT2D eigenvalue weighted by atomic mass is 19.4. The van der Waals surface area contributed by atoms with Crippen molar-refractivity contribution in [3.63, 3.8) is 0 Å². The van der Waals surface area contributed by atoms with Gasteiger partial charge in [-0.15, -0.1) is 0 Å². The van der Waals surface area contributed by atoms with E-state index in [0.29, 0.717) is 24.6 Å². The van der Waals surface area contributed by atoms with Crippen LogP contribution in [-0.2, 0) is 17.5 Å². The molecule has 2 heterocycles. The van der Waals surface area contributed by atoms with E-state index < -0.39 is 47.3 Å². The van der Waals surface area contributed by atoms with Crippen molar-refractivity contribution in [1.29, 1.82) is 0 Å². The van der Waals surface area contributed by atoms with Crippen LogP contribution >= 0.6 is 0 Å². The van der Waals surface area contributed by atoms with Gasteiger partial charge >= 0.3 is 12.1 Å². The highest BCUT2D eigenvalue weighted by Gasteiger charge is 2.47. The van der Waals surface area contributed by atoms with E-state index in [1.165, 1.54) is 27.8 Å². The van der Waals surface area contributed by atoms with Crippen LogP contribution in [0.3, 0.4) is 0 Å². The van der Waals surface area contributed by atoms with Gasteiger partial charge < -0.3 is 10.4 Å². The van der Waals surface area contributed by atoms with Crippen LogP contribution in [0.2, 0.25) is 0 Å². The van der Waals surface area contributed by atoms with Crippen molar-refractivity contribution in [3.05, 3.63) is 82.3 Å². The fraction of sp³-hybridized carbons (Fsp3) is 0.308. The Labute approximate surface area is 214 Å². The molecule has 3 aromatic rings. The number of alkyl halides is 3. The van der Waals surface area contributed by atoms with Gasteiger partial charge in [-0.05, 0) is 49.2 Å². The average Bonchev–Trinajstić information content (AvgIpc) is 3.24. The number of carbonyl (C=O) groups is 3. The molecule has 2 atom stereocenters. The number of likely N-dealkylation sites (N-methyl/N-ethyl adjacent to an activating group) is 1. The van der Waals surface area contributed by atoms with Crippen LogP contribution in [-0.4, -0.2) is 45.3 Å². The Morgan fingerprint density at radius 1 is 1.11 bits per heavy atom. The summed E-state index contributed by atoms with van der Waals surface area (Å²) < 4.78 is 54.9. The molecule has 0 aliphatic carbocycles. The molecular formula is C26H24F4N4O4. The normalized spacial score (nSPS) is 17.3. The number of carbonyl (C=O) groups excluding carboxylic acids is 2. The van der Waals surface area contributed by atoms with Crippen LogP contribution < -0.4 is 10.2 Å². The summed E-state index contributed by atoms with van der Waals surface area (Å²) in [4.78, 5) is 40.5. The summed E-state index contributed by atoms with van der Waals surface area (Å²) in [5.41, 5.74) is -1.24. The number of fused-ring (bicyclic) bond motifs is 1. The first-order valence-corrected chi connectivity index (χ1v) is 11.9. The van der Waals surface area contributed by atoms with Crippen molar-refractivity contribution in [2.45, 2.75) is 44.9 Å². The van der Waals surface area contributed by atoms with Gasteiger partial charge in [0, 0.05) is 30.1 Å². The lowest BCUT2D eigenvalue weighted by atomic mass is 9.80. The van der Waals surface area contributed by atoms with Gasteiger partial charge in [-0.2, -0.15) is 18.3 Å². The van der Waals surface area contributed by atoms with Gasteiger partial charge in [0.15, 0.2) is 5.69 Å². The van der Waals surface area contributed by atoms with E-state index >= 15 is 0 Å². The fourth-order valence-electron chi connectivity index (χ4n) is 4.69. The molecule has 2 amide bonds. The molecule has 2 aromatic carbocycles. The molecule has 0 spiro atoms. The van der Waals surface area contributed by atoms with E-state index in [4.69, 9.17) is 0 Å². The second-order valence-electron chi connectivity index (χ2n) is 8.76. The molecule has 0 saturated carbocycles. The standard InChI is InChI=1S/C26H24F4N4O4/c1-3-12-34-23-19(21(32-34)25(37)38)18(14-8-10-17(27)11-9-14)20(24(36)33(23)4-2)31-22(35)15-6-5-7-16(13-15)26(28,29)30/h5-11,13,18,20H,3-4,12H2,1-2H3,(H,31,35)(H,37,38)/t18-,20-/m0/s1. The maximum absolute atomic E-state index is 13.8. The molecule has 38 heavy (non-hydrogen) atoms. The third-order valence-corrected chi connectivity index (χ3v) is 6.32. The molecule has 12 heteroatoms. The molecule has 4 rings (SSSR count). The average molecular weight is 532 g/mol. The van der Waals surface area contributed by atoms with Crippen molar-refractivity contribution in [2.24, 2.45) is 0 Å². The minimum atomic E-state index is -4.69. The van der Waals surface area contributed by atoms with E-state index in [1.807, 2.05) is 6.92 Å². The van der Waals surface area contributed by atoms with Gasteiger partial charge in [-0.3, -0.25) is 14.5 Å². The molecule has 0 bridgehead atoms. The second-order valence-corrected chi connectivity index (χ2v) is 8.76. The van der Waals surface area contributed by atoms with E-state index in [9.17, 15) is 37.1 Å². The zero-order valence-corrected chi connectivity index (χ0v) is 20.4. The maximum atomic E-state index is 13.8. The molecule has 8 nitrogen and oxygen atoms in total. The lowest BCUT2D eigenvalue weighted by Crippen LogP contribution is -2.55. The summed E-state index contributed by atoms with van der Waals surface area (Å²) in [5, 5.41) is 16.7. The van der Waals surface area contributed by atoms with Crippen molar-refractivity contribution in [3.8, 4) is 0 Å². The second kappa shape index (κ2) is 10.3. The van der Waals surface area contributed by atoms with Gasteiger partial charge in [-0.1, -0.05) is 25.1 Å². The van der Waals surface area contributed by atoms with Crippen LogP contribution in [0.25, 0.3) is 0 Å². The summed E-state index contributed by atoms with van der Waals surface area (Å²) in [6.07, 6.45) is -4.11. The number of aromatic carboxylic acids is 1. The Balaban J connectivity index is 1.89. The topological polar surface area (TPSA) is 105 Å². The molecular weight excluding hydrogens is 508 g/mol. The Kier molecular flexibility index (Phi) is 7.25. The van der Waals surface area contributed by atoms with Gasteiger partial charge in [-0.25, -0.2) is 13.9 Å². The number of amides is 2. The number of aryl methyl sites for hydroxylation is 1. The van der Waals surface area contributed by atoms with Crippen LogP contribution in [0.15, 0.2) is 48.5 Å².